The molecule has 1 atom stereocenters. The summed E-state index contributed by atoms with van der Waals surface area (Å²) in [7, 11) is 1.61. The minimum absolute atomic E-state index is 0.133. The van der Waals surface area contributed by atoms with Crippen LogP contribution in [0.1, 0.15) is 27.2 Å². The predicted octanol–water partition coefficient (Wildman–Crippen LogP) is 0.966. The highest BCUT2D eigenvalue weighted by Gasteiger charge is 2.35. The quantitative estimate of drug-likeness (QED) is 0.718. The lowest BCUT2D eigenvalue weighted by Gasteiger charge is -2.38. The van der Waals surface area contributed by atoms with Gasteiger partial charge in [-0.2, -0.15) is 0 Å². The van der Waals surface area contributed by atoms with Gasteiger partial charge < -0.3 is 14.5 Å². The zero-order valence-corrected chi connectivity index (χ0v) is 11.0. The average Bonchev–Trinajstić information content (AvgIpc) is 2.37. The Kier molecular flexibility index (Phi) is 4.74. The maximum Gasteiger partial charge on any atom is 0.254 e. The second-order valence-electron chi connectivity index (χ2n) is 4.51. The molecule has 1 fully saturated rings. The van der Waals surface area contributed by atoms with Crippen LogP contribution in [-0.2, 0) is 9.53 Å². The molecule has 0 aromatic rings. The summed E-state index contributed by atoms with van der Waals surface area (Å²) in [5.41, 5.74) is -0.644. The Bertz CT molecular complexity index is 231. The van der Waals surface area contributed by atoms with Crippen molar-refractivity contribution in [3.8, 4) is 0 Å². The molecule has 94 valence electrons. The van der Waals surface area contributed by atoms with Gasteiger partial charge in [-0.05, 0) is 19.9 Å². The van der Waals surface area contributed by atoms with E-state index in [0.717, 1.165) is 39.1 Å². The van der Waals surface area contributed by atoms with Crippen molar-refractivity contribution >= 4 is 5.91 Å². The van der Waals surface area contributed by atoms with Crippen molar-refractivity contribution in [3.05, 3.63) is 0 Å². The Labute approximate surface area is 98.5 Å². The van der Waals surface area contributed by atoms with Crippen LogP contribution in [0.2, 0.25) is 0 Å². The molecular formula is C12H24N2O2. The molecule has 0 N–H and O–H groups in total. The van der Waals surface area contributed by atoms with E-state index in [9.17, 15) is 4.79 Å². The summed E-state index contributed by atoms with van der Waals surface area (Å²) in [6.07, 6.45) is 0.719. The molecule has 0 spiro atoms. The van der Waals surface area contributed by atoms with Gasteiger partial charge in [-0.3, -0.25) is 4.79 Å². The first-order chi connectivity index (χ1) is 7.57. The van der Waals surface area contributed by atoms with Crippen LogP contribution in [-0.4, -0.2) is 61.1 Å². The molecule has 0 saturated carbocycles. The SMILES string of the molecule is CCN1CCN(C(=O)C(C)(CC)OC)CC1. The third kappa shape index (κ3) is 2.74. The van der Waals surface area contributed by atoms with Gasteiger partial charge in [0.15, 0.2) is 0 Å². The van der Waals surface area contributed by atoms with Crippen molar-refractivity contribution in [3.63, 3.8) is 0 Å². The largest absolute Gasteiger partial charge is 0.369 e. The zero-order valence-electron chi connectivity index (χ0n) is 11.0. The molecule has 1 aliphatic heterocycles. The topological polar surface area (TPSA) is 32.8 Å². The molecule has 1 unspecified atom stereocenters. The van der Waals surface area contributed by atoms with Crippen LogP contribution in [0.4, 0.5) is 0 Å². The average molecular weight is 228 g/mol. The first kappa shape index (κ1) is 13.5. The van der Waals surface area contributed by atoms with Crippen molar-refractivity contribution in [2.24, 2.45) is 0 Å². The van der Waals surface area contributed by atoms with Crippen molar-refractivity contribution in [1.82, 2.24) is 9.80 Å². The number of nitrogens with zero attached hydrogens (tertiary/aromatic N) is 2. The molecule has 0 aromatic heterocycles. The maximum atomic E-state index is 12.3. The molecule has 1 amide bonds. The van der Waals surface area contributed by atoms with Crippen LogP contribution in [0.3, 0.4) is 0 Å². The summed E-state index contributed by atoms with van der Waals surface area (Å²) in [6.45, 7) is 10.7. The summed E-state index contributed by atoms with van der Waals surface area (Å²) < 4.78 is 5.35. The van der Waals surface area contributed by atoms with Crippen LogP contribution in [0.15, 0.2) is 0 Å². The predicted molar refractivity (Wildman–Crippen MR) is 64.4 cm³/mol. The van der Waals surface area contributed by atoms with Crippen LogP contribution >= 0.6 is 0 Å². The molecule has 0 aromatic carbocycles. The van der Waals surface area contributed by atoms with Crippen molar-refractivity contribution in [2.45, 2.75) is 32.8 Å². The molecule has 0 radical (unpaired) electrons. The fraction of sp³-hybridized carbons (Fsp3) is 0.917. The normalized spacial score (nSPS) is 21.9. The molecule has 1 saturated heterocycles. The van der Waals surface area contributed by atoms with Crippen LogP contribution < -0.4 is 0 Å². The number of methoxy groups -OCH3 is 1. The minimum Gasteiger partial charge on any atom is -0.369 e. The smallest absolute Gasteiger partial charge is 0.254 e. The van der Waals surface area contributed by atoms with E-state index in [1.165, 1.54) is 0 Å². The molecular weight excluding hydrogens is 204 g/mol. The van der Waals surface area contributed by atoms with Gasteiger partial charge in [0.05, 0.1) is 0 Å². The fourth-order valence-corrected chi connectivity index (χ4v) is 1.98. The summed E-state index contributed by atoms with van der Waals surface area (Å²) >= 11 is 0. The molecule has 1 rings (SSSR count). The van der Waals surface area contributed by atoms with Gasteiger partial charge in [-0.15, -0.1) is 0 Å². The van der Waals surface area contributed by atoms with E-state index in [0.29, 0.717) is 0 Å². The molecule has 1 heterocycles. The molecule has 16 heavy (non-hydrogen) atoms. The Morgan fingerprint density at radius 2 is 1.81 bits per heavy atom. The zero-order chi connectivity index (χ0) is 12.2. The van der Waals surface area contributed by atoms with Gasteiger partial charge in [0.2, 0.25) is 0 Å². The van der Waals surface area contributed by atoms with E-state index in [1.54, 1.807) is 7.11 Å². The van der Waals surface area contributed by atoms with Gasteiger partial charge in [0.25, 0.3) is 5.91 Å². The van der Waals surface area contributed by atoms with Gasteiger partial charge in [-0.25, -0.2) is 0 Å². The number of carbonyl (C=O) groups excluding carboxylic acids is 1. The van der Waals surface area contributed by atoms with E-state index in [2.05, 4.69) is 11.8 Å². The highest BCUT2D eigenvalue weighted by atomic mass is 16.5. The van der Waals surface area contributed by atoms with Gasteiger partial charge in [0, 0.05) is 33.3 Å². The second kappa shape index (κ2) is 5.64. The minimum atomic E-state index is -0.644. The van der Waals surface area contributed by atoms with Gasteiger partial charge in [0.1, 0.15) is 5.60 Å². The van der Waals surface area contributed by atoms with E-state index in [4.69, 9.17) is 4.74 Å². The first-order valence-electron chi connectivity index (χ1n) is 6.14. The fourth-order valence-electron chi connectivity index (χ4n) is 1.98. The Morgan fingerprint density at radius 1 is 1.25 bits per heavy atom. The number of piperazine rings is 1. The summed E-state index contributed by atoms with van der Waals surface area (Å²) in [4.78, 5) is 16.6. The van der Waals surface area contributed by atoms with E-state index in [-0.39, 0.29) is 5.91 Å². The number of hydrogen-bond acceptors (Lipinski definition) is 3. The highest BCUT2D eigenvalue weighted by molar-refractivity contribution is 5.84. The number of amides is 1. The summed E-state index contributed by atoms with van der Waals surface area (Å²) in [5, 5.41) is 0. The lowest BCUT2D eigenvalue weighted by Crippen LogP contribution is -2.55. The Hall–Kier alpha value is -0.610. The van der Waals surface area contributed by atoms with E-state index < -0.39 is 5.60 Å². The monoisotopic (exact) mass is 228 g/mol. The third-order valence-electron chi connectivity index (χ3n) is 3.68. The Morgan fingerprint density at radius 3 is 2.19 bits per heavy atom. The van der Waals surface area contributed by atoms with Gasteiger partial charge >= 0.3 is 0 Å². The van der Waals surface area contributed by atoms with Crippen molar-refractivity contribution in [1.29, 1.82) is 0 Å². The summed E-state index contributed by atoms with van der Waals surface area (Å²) in [6, 6.07) is 0. The Balaban J connectivity index is 2.56. The van der Waals surface area contributed by atoms with Crippen LogP contribution in [0.5, 0.6) is 0 Å². The third-order valence-corrected chi connectivity index (χ3v) is 3.68. The van der Waals surface area contributed by atoms with E-state index in [1.807, 2.05) is 18.7 Å². The number of likely N-dealkylation sites (N-methyl/N-ethyl adjacent to an activating group) is 1. The van der Waals surface area contributed by atoms with Crippen LogP contribution in [0, 0.1) is 0 Å². The second-order valence-corrected chi connectivity index (χ2v) is 4.51. The molecule has 4 nitrogen and oxygen atoms in total. The highest BCUT2D eigenvalue weighted by Crippen LogP contribution is 2.18. The lowest BCUT2D eigenvalue weighted by atomic mass is 10.0. The molecule has 1 aliphatic rings. The standard InChI is InChI=1S/C12H24N2O2/c1-5-12(3,16-4)11(15)14-9-7-13(6-2)8-10-14/h5-10H2,1-4H3. The first-order valence-corrected chi connectivity index (χ1v) is 6.14. The lowest BCUT2D eigenvalue weighted by molar-refractivity contribution is -0.155. The number of ether oxygens (including phenoxy) is 1. The van der Waals surface area contributed by atoms with Crippen molar-refractivity contribution in [2.75, 3.05) is 39.8 Å². The van der Waals surface area contributed by atoms with E-state index >= 15 is 0 Å². The number of hydrogen-bond donors (Lipinski definition) is 0. The molecule has 4 heteroatoms. The van der Waals surface area contributed by atoms with Crippen molar-refractivity contribution < 1.29 is 9.53 Å². The van der Waals surface area contributed by atoms with Gasteiger partial charge in [-0.1, -0.05) is 13.8 Å². The van der Waals surface area contributed by atoms with Crippen LogP contribution in [0.25, 0.3) is 0 Å². The number of carbonyl (C=O) groups is 1. The number of rotatable bonds is 4. The maximum absolute atomic E-state index is 12.3. The molecule has 0 bridgehead atoms. The summed E-state index contributed by atoms with van der Waals surface area (Å²) in [5.74, 6) is 0.133. The molecule has 0 aliphatic carbocycles.